The molecule has 9 aromatic rings. The Hall–Kier alpha value is -6.64. The molecule has 0 amide bonds. The van der Waals surface area contributed by atoms with Gasteiger partial charge in [-0.25, -0.2) is 0 Å². The van der Waals surface area contributed by atoms with Gasteiger partial charge in [-0.2, -0.15) is 0 Å². The lowest BCUT2D eigenvalue weighted by atomic mass is 9.82. The van der Waals surface area contributed by atoms with Crippen molar-refractivity contribution in [3.05, 3.63) is 205 Å². The second-order valence-electron chi connectivity index (χ2n) is 14.6. The summed E-state index contributed by atoms with van der Waals surface area (Å²) in [5, 5.41) is 2.52. The minimum atomic E-state index is -0.0668. The highest BCUT2D eigenvalue weighted by molar-refractivity contribution is 6.10. The summed E-state index contributed by atoms with van der Waals surface area (Å²) in [5.74, 6) is 0. The van der Waals surface area contributed by atoms with Crippen molar-refractivity contribution in [1.29, 1.82) is 0 Å². The van der Waals surface area contributed by atoms with Crippen molar-refractivity contribution in [3.8, 4) is 39.1 Å². The van der Waals surface area contributed by atoms with Gasteiger partial charge in [0.15, 0.2) is 0 Å². The molecule has 1 aromatic heterocycles. The van der Waals surface area contributed by atoms with E-state index >= 15 is 0 Å². The Morgan fingerprint density at radius 1 is 0.377 bits per heavy atom. The summed E-state index contributed by atoms with van der Waals surface area (Å²) >= 11 is 0. The molecule has 1 heterocycles. The van der Waals surface area contributed by atoms with Gasteiger partial charge in [0.2, 0.25) is 0 Å². The van der Waals surface area contributed by atoms with E-state index in [4.69, 9.17) is 0 Å². The summed E-state index contributed by atoms with van der Waals surface area (Å²) in [4.78, 5) is 2.38. The largest absolute Gasteiger partial charge is 0.310 e. The average molecular weight is 679 g/mol. The van der Waals surface area contributed by atoms with Gasteiger partial charge < -0.3 is 9.47 Å². The van der Waals surface area contributed by atoms with Crippen LogP contribution in [0, 0.1) is 0 Å². The van der Waals surface area contributed by atoms with Gasteiger partial charge in [0.05, 0.1) is 11.0 Å². The number of benzene rings is 8. The zero-order chi connectivity index (χ0) is 35.5. The van der Waals surface area contributed by atoms with Crippen LogP contribution in [0.1, 0.15) is 25.0 Å². The lowest BCUT2D eigenvalue weighted by Crippen LogP contribution is -2.16. The first-order valence-electron chi connectivity index (χ1n) is 18.4. The fraction of sp³-hybridized carbons (Fsp3) is 0.0588. The Morgan fingerprint density at radius 2 is 0.962 bits per heavy atom. The molecule has 8 aromatic carbocycles. The Balaban J connectivity index is 1.01. The van der Waals surface area contributed by atoms with Crippen LogP contribution in [0.15, 0.2) is 194 Å². The van der Waals surface area contributed by atoms with E-state index in [0.717, 1.165) is 17.1 Å². The normalized spacial score (nSPS) is 12.9. The van der Waals surface area contributed by atoms with Gasteiger partial charge in [-0.3, -0.25) is 0 Å². The minimum absolute atomic E-state index is 0.0668. The smallest absolute Gasteiger partial charge is 0.0541 e. The van der Waals surface area contributed by atoms with Crippen molar-refractivity contribution in [2.24, 2.45) is 0 Å². The molecule has 0 saturated carbocycles. The van der Waals surface area contributed by atoms with Gasteiger partial charge in [-0.1, -0.05) is 135 Å². The third-order valence-electron chi connectivity index (χ3n) is 11.2. The van der Waals surface area contributed by atoms with Crippen LogP contribution in [0.4, 0.5) is 17.1 Å². The molecule has 1 aliphatic rings. The summed E-state index contributed by atoms with van der Waals surface area (Å²) in [6.45, 7) is 4.69. The molecule has 0 N–H and O–H groups in total. The molecule has 0 spiro atoms. The molecule has 0 aliphatic heterocycles. The van der Waals surface area contributed by atoms with Crippen molar-refractivity contribution in [2.45, 2.75) is 19.3 Å². The monoisotopic (exact) mass is 678 g/mol. The fourth-order valence-corrected chi connectivity index (χ4v) is 8.54. The summed E-state index contributed by atoms with van der Waals surface area (Å²) in [7, 11) is 0. The predicted molar refractivity (Wildman–Crippen MR) is 224 cm³/mol. The number of nitrogens with zero attached hydrogens (tertiary/aromatic N) is 2. The van der Waals surface area contributed by atoms with Crippen molar-refractivity contribution in [1.82, 2.24) is 4.57 Å². The van der Waals surface area contributed by atoms with Crippen molar-refractivity contribution < 1.29 is 0 Å². The molecule has 0 fully saturated rings. The van der Waals surface area contributed by atoms with Gasteiger partial charge in [-0.05, 0) is 117 Å². The standard InChI is InChI=1S/C51H38N2/c1-51(2)47-22-11-9-20-43(47)44-30-29-42(34-48(44)51)52(39-16-5-3-6-17-39)41-27-24-35(25-28-41)36-14-13-15-37(32-36)38-26-31-50-46(33-38)45-21-10-12-23-49(45)53(50)40-18-7-4-8-19-40/h3-34H,1-2H3. The molecule has 2 nitrogen and oxygen atoms in total. The maximum absolute atomic E-state index is 2.40. The fourth-order valence-electron chi connectivity index (χ4n) is 8.54. The number of hydrogen-bond donors (Lipinski definition) is 0. The van der Waals surface area contributed by atoms with E-state index in [1.807, 2.05) is 0 Å². The highest BCUT2D eigenvalue weighted by atomic mass is 15.1. The molecule has 252 valence electrons. The predicted octanol–water partition coefficient (Wildman–Crippen LogP) is 13.9. The number of fused-ring (bicyclic) bond motifs is 6. The number of rotatable bonds is 6. The summed E-state index contributed by atoms with van der Waals surface area (Å²) in [6.07, 6.45) is 0. The second-order valence-corrected chi connectivity index (χ2v) is 14.6. The van der Waals surface area contributed by atoms with Crippen LogP contribution >= 0.6 is 0 Å². The van der Waals surface area contributed by atoms with Crippen LogP contribution in [0.5, 0.6) is 0 Å². The molecular formula is C51H38N2. The second kappa shape index (κ2) is 12.3. The lowest BCUT2D eigenvalue weighted by Gasteiger charge is -2.28. The van der Waals surface area contributed by atoms with Crippen molar-refractivity contribution in [3.63, 3.8) is 0 Å². The molecule has 53 heavy (non-hydrogen) atoms. The van der Waals surface area contributed by atoms with Gasteiger partial charge in [0.25, 0.3) is 0 Å². The van der Waals surface area contributed by atoms with E-state index in [0.29, 0.717) is 0 Å². The Bertz CT molecular complexity index is 2790. The van der Waals surface area contributed by atoms with Crippen LogP contribution in [-0.4, -0.2) is 4.57 Å². The van der Waals surface area contributed by atoms with Crippen molar-refractivity contribution in [2.75, 3.05) is 4.90 Å². The highest BCUT2D eigenvalue weighted by Gasteiger charge is 2.35. The van der Waals surface area contributed by atoms with Crippen LogP contribution < -0.4 is 4.90 Å². The molecule has 0 radical (unpaired) electrons. The first kappa shape index (κ1) is 31.1. The number of anilines is 3. The summed E-state index contributed by atoms with van der Waals surface area (Å²) in [5.41, 5.74) is 17.2. The number of aromatic nitrogens is 1. The summed E-state index contributed by atoms with van der Waals surface area (Å²) in [6, 6.07) is 70.7. The molecule has 1 aliphatic carbocycles. The van der Waals surface area contributed by atoms with Crippen molar-refractivity contribution >= 4 is 38.9 Å². The summed E-state index contributed by atoms with van der Waals surface area (Å²) < 4.78 is 2.37. The topological polar surface area (TPSA) is 8.17 Å². The molecule has 2 heteroatoms. The molecule has 0 bridgehead atoms. The Kier molecular flexibility index (Phi) is 7.19. The van der Waals surface area contributed by atoms with Crippen LogP contribution in [-0.2, 0) is 5.41 Å². The lowest BCUT2D eigenvalue weighted by molar-refractivity contribution is 0.660. The highest BCUT2D eigenvalue weighted by Crippen LogP contribution is 2.50. The third-order valence-corrected chi connectivity index (χ3v) is 11.2. The Labute approximate surface area is 310 Å². The van der Waals surface area contributed by atoms with Gasteiger partial charge >= 0.3 is 0 Å². The SMILES string of the molecule is CC1(C)c2ccccc2-c2ccc(N(c3ccccc3)c3ccc(-c4cccc(-c5ccc6c(c5)c5ccccc5n6-c5ccccc5)c4)cc3)cc21. The molecule has 0 atom stereocenters. The maximum Gasteiger partial charge on any atom is 0.0541 e. The van der Waals surface area contributed by atoms with Gasteiger partial charge in [-0.15, -0.1) is 0 Å². The number of para-hydroxylation sites is 3. The first-order chi connectivity index (χ1) is 26.0. The van der Waals surface area contributed by atoms with Crippen LogP contribution in [0.2, 0.25) is 0 Å². The zero-order valence-electron chi connectivity index (χ0n) is 29.9. The molecule has 0 saturated heterocycles. The molecular weight excluding hydrogens is 641 g/mol. The van der Waals surface area contributed by atoms with Crippen LogP contribution in [0.25, 0.3) is 60.9 Å². The molecule has 10 rings (SSSR count). The molecule has 0 unspecified atom stereocenters. The average Bonchev–Trinajstić information content (AvgIpc) is 3.67. The van der Waals surface area contributed by atoms with E-state index in [9.17, 15) is 0 Å². The quantitative estimate of drug-likeness (QED) is 0.170. The Morgan fingerprint density at radius 3 is 1.77 bits per heavy atom. The number of hydrogen-bond acceptors (Lipinski definition) is 1. The van der Waals surface area contributed by atoms with Gasteiger partial charge in [0.1, 0.15) is 0 Å². The zero-order valence-corrected chi connectivity index (χ0v) is 29.9. The first-order valence-corrected chi connectivity index (χ1v) is 18.4. The maximum atomic E-state index is 2.40. The van der Waals surface area contributed by atoms with E-state index in [-0.39, 0.29) is 5.41 Å². The van der Waals surface area contributed by atoms with E-state index in [1.54, 1.807) is 0 Å². The van der Waals surface area contributed by atoms with E-state index < -0.39 is 0 Å². The van der Waals surface area contributed by atoms with E-state index in [2.05, 4.69) is 217 Å². The van der Waals surface area contributed by atoms with E-state index in [1.165, 1.54) is 72.0 Å². The minimum Gasteiger partial charge on any atom is -0.310 e. The van der Waals surface area contributed by atoms with Crippen LogP contribution in [0.3, 0.4) is 0 Å². The third kappa shape index (κ3) is 5.10. The van der Waals surface area contributed by atoms with Gasteiger partial charge in [0, 0.05) is 38.9 Å².